The van der Waals surface area contributed by atoms with E-state index in [0.717, 1.165) is 12.2 Å². The van der Waals surface area contributed by atoms with Crippen LogP contribution in [0.3, 0.4) is 0 Å². The minimum Gasteiger partial charge on any atom is -0.494 e. The lowest BCUT2D eigenvalue weighted by molar-refractivity contribution is -0.132. The van der Waals surface area contributed by atoms with E-state index in [4.69, 9.17) is 9.15 Å². The molecule has 0 bridgehead atoms. The second-order valence-corrected chi connectivity index (χ2v) is 6.98. The summed E-state index contributed by atoms with van der Waals surface area (Å²) in [4.78, 5) is 40.5. The number of ketones is 1. The molecule has 7 nitrogen and oxygen atoms in total. The third-order valence-electron chi connectivity index (χ3n) is 4.90. The molecule has 1 aliphatic rings. The standard InChI is InChI=1S/C22H26N2O5/c1-2-14-29-19-5-3-17(4-6-19)20(25)7-8-21(26)23-10-12-24(13-11-23)22(27)18-9-15-28-16-18/h3-6,9,15-16H,2,7-8,10-14H2,1H3. The Hall–Kier alpha value is -3.09. The molecule has 1 fully saturated rings. The van der Waals surface area contributed by atoms with E-state index in [2.05, 4.69) is 0 Å². The van der Waals surface area contributed by atoms with Gasteiger partial charge in [0.2, 0.25) is 5.91 Å². The number of nitrogens with zero attached hydrogens (tertiary/aromatic N) is 2. The second kappa shape index (κ2) is 9.91. The van der Waals surface area contributed by atoms with Gasteiger partial charge in [-0.15, -0.1) is 0 Å². The van der Waals surface area contributed by atoms with Gasteiger partial charge in [-0.3, -0.25) is 14.4 Å². The quantitative estimate of drug-likeness (QED) is 0.639. The molecule has 0 radical (unpaired) electrons. The molecule has 1 aromatic carbocycles. The number of hydrogen-bond donors (Lipinski definition) is 0. The first-order valence-corrected chi connectivity index (χ1v) is 9.93. The first-order valence-electron chi connectivity index (χ1n) is 9.93. The van der Waals surface area contributed by atoms with Crippen molar-refractivity contribution < 1.29 is 23.5 Å². The lowest BCUT2D eigenvalue weighted by Gasteiger charge is -2.34. The van der Waals surface area contributed by atoms with Crippen LogP contribution in [0.2, 0.25) is 0 Å². The van der Waals surface area contributed by atoms with Crippen molar-refractivity contribution >= 4 is 17.6 Å². The maximum Gasteiger partial charge on any atom is 0.257 e. The largest absolute Gasteiger partial charge is 0.494 e. The molecule has 1 saturated heterocycles. The van der Waals surface area contributed by atoms with Crippen LogP contribution in [-0.4, -0.2) is 60.2 Å². The van der Waals surface area contributed by atoms with Gasteiger partial charge in [0, 0.05) is 44.6 Å². The molecule has 0 unspecified atom stereocenters. The normalized spacial score (nSPS) is 14.0. The summed E-state index contributed by atoms with van der Waals surface area (Å²) in [6.07, 6.45) is 4.16. The molecular weight excluding hydrogens is 372 g/mol. The average Bonchev–Trinajstić information content (AvgIpc) is 3.30. The molecule has 1 aliphatic heterocycles. The fourth-order valence-electron chi connectivity index (χ4n) is 3.21. The summed E-state index contributed by atoms with van der Waals surface area (Å²) in [5.74, 6) is 0.528. The minimum absolute atomic E-state index is 0.0586. The molecule has 0 N–H and O–H groups in total. The number of carbonyl (C=O) groups excluding carboxylic acids is 3. The van der Waals surface area contributed by atoms with Crippen LogP contribution in [-0.2, 0) is 4.79 Å². The number of rotatable bonds is 8. The second-order valence-electron chi connectivity index (χ2n) is 6.98. The third-order valence-corrected chi connectivity index (χ3v) is 4.90. The zero-order valence-corrected chi connectivity index (χ0v) is 16.6. The van der Waals surface area contributed by atoms with Crippen LogP contribution in [0, 0.1) is 0 Å². The number of furan rings is 1. The Morgan fingerprint density at radius 3 is 2.24 bits per heavy atom. The molecule has 1 aromatic heterocycles. The van der Waals surface area contributed by atoms with Crippen molar-refractivity contribution in [3.8, 4) is 5.75 Å². The van der Waals surface area contributed by atoms with E-state index in [1.54, 1.807) is 40.1 Å². The number of Topliss-reactive ketones (excluding diaryl/α,β-unsaturated/α-hetero) is 1. The highest BCUT2D eigenvalue weighted by Crippen LogP contribution is 2.15. The maximum atomic E-state index is 12.4. The van der Waals surface area contributed by atoms with Crippen LogP contribution in [0.1, 0.15) is 46.9 Å². The summed E-state index contributed by atoms with van der Waals surface area (Å²) < 4.78 is 10.5. The van der Waals surface area contributed by atoms with Gasteiger partial charge in [0.15, 0.2) is 5.78 Å². The highest BCUT2D eigenvalue weighted by Gasteiger charge is 2.25. The Balaban J connectivity index is 1.43. The van der Waals surface area contributed by atoms with Crippen LogP contribution >= 0.6 is 0 Å². The fourth-order valence-corrected chi connectivity index (χ4v) is 3.21. The van der Waals surface area contributed by atoms with Crippen LogP contribution in [0.15, 0.2) is 47.3 Å². The maximum absolute atomic E-state index is 12.4. The molecule has 0 aliphatic carbocycles. The van der Waals surface area contributed by atoms with E-state index in [9.17, 15) is 14.4 Å². The van der Waals surface area contributed by atoms with Crippen molar-refractivity contribution in [3.63, 3.8) is 0 Å². The van der Waals surface area contributed by atoms with Crippen molar-refractivity contribution in [2.75, 3.05) is 32.8 Å². The zero-order valence-electron chi connectivity index (χ0n) is 16.6. The van der Waals surface area contributed by atoms with Gasteiger partial charge < -0.3 is 19.0 Å². The number of carbonyl (C=O) groups is 3. The molecule has 2 amide bonds. The van der Waals surface area contributed by atoms with E-state index in [0.29, 0.717) is 43.9 Å². The average molecular weight is 398 g/mol. The van der Waals surface area contributed by atoms with Crippen molar-refractivity contribution in [2.24, 2.45) is 0 Å². The topological polar surface area (TPSA) is 80.1 Å². The fraction of sp³-hybridized carbons (Fsp3) is 0.409. The summed E-state index contributed by atoms with van der Waals surface area (Å²) in [5, 5.41) is 0. The number of benzene rings is 1. The van der Waals surface area contributed by atoms with Gasteiger partial charge >= 0.3 is 0 Å². The Labute approximate surface area is 170 Å². The molecule has 154 valence electrons. The highest BCUT2D eigenvalue weighted by atomic mass is 16.5. The minimum atomic E-state index is -0.0904. The summed E-state index contributed by atoms with van der Waals surface area (Å²) in [6.45, 7) is 4.57. The summed E-state index contributed by atoms with van der Waals surface area (Å²) in [7, 11) is 0. The third kappa shape index (κ3) is 5.47. The molecular formula is C22H26N2O5. The van der Waals surface area contributed by atoms with E-state index < -0.39 is 0 Å². The molecule has 7 heteroatoms. The Kier molecular flexibility index (Phi) is 7.05. The van der Waals surface area contributed by atoms with Gasteiger partial charge in [-0.05, 0) is 36.8 Å². The number of hydrogen-bond acceptors (Lipinski definition) is 5. The highest BCUT2D eigenvalue weighted by molar-refractivity contribution is 5.98. The Morgan fingerprint density at radius 1 is 0.931 bits per heavy atom. The summed E-state index contributed by atoms with van der Waals surface area (Å²) in [6, 6.07) is 8.66. The van der Waals surface area contributed by atoms with Gasteiger partial charge in [-0.1, -0.05) is 6.92 Å². The van der Waals surface area contributed by atoms with Crippen molar-refractivity contribution in [1.29, 1.82) is 0 Å². The van der Waals surface area contributed by atoms with E-state index in [1.807, 2.05) is 6.92 Å². The van der Waals surface area contributed by atoms with Crippen LogP contribution in [0.4, 0.5) is 0 Å². The van der Waals surface area contributed by atoms with Gasteiger partial charge in [-0.25, -0.2) is 0 Å². The van der Waals surface area contributed by atoms with Crippen molar-refractivity contribution in [2.45, 2.75) is 26.2 Å². The van der Waals surface area contributed by atoms with Crippen LogP contribution < -0.4 is 4.74 Å². The van der Waals surface area contributed by atoms with Gasteiger partial charge in [0.05, 0.1) is 18.4 Å². The molecule has 0 atom stereocenters. The van der Waals surface area contributed by atoms with E-state index in [1.165, 1.54) is 12.5 Å². The summed E-state index contributed by atoms with van der Waals surface area (Å²) in [5.41, 5.74) is 1.10. The first kappa shape index (κ1) is 20.6. The lowest BCUT2D eigenvalue weighted by atomic mass is 10.1. The molecule has 0 saturated carbocycles. The van der Waals surface area contributed by atoms with Crippen LogP contribution in [0.5, 0.6) is 5.75 Å². The molecule has 0 spiro atoms. The molecule has 3 rings (SSSR count). The molecule has 29 heavy (non-hydrogen) atoms. The SMILES string of the molecule is CCCOc1ccc(C(=O)CCC(=O)N2CCN(C(=O)c3ccoc3)CC2)cc1. The lowest BCUT2D eigenvalue weighted by Crippen LogP contribution is -2.50. The predicted octanol–water partition coefficient (Wildman–Crippen LogP) is 3.02. The number of piperazine rings is 1. The smallest absolute Gasteiger partial charge is 0.257 e. The van der Waals surface area contributed by atoms with Gasteiger partial charge in [-0.2, -0.15) is 0 Å². The Bertz CT molecular complexity index is 821. The number of amides is 2. The van der Waals surface area contributed by atoms with E-state index in [-0.39, 0.29) is 30.4 Å². The Morgan fingerprint density at radius 2 is 1.62 bits per heavy atom. The first-order chi connectivity index (χ1) is 14.1. The predicted molar refractivity (Wildman–Crippen MR) is 107 cm³/mol. The zero-order chi connectivity index (χ0) is 20.6. The molecule has 2 aromatic rings. The number of ether oxygens (including phenoxy) is 1. The van der Waals surface area contributed by atoms with Gasteiger partial charge in [0.25, 0.3) is 5.91 Å². The van der Waals surface area contributed by atoms with Crippen molar-refractivity contribution in [3.05, 3.63) is 54.0 Å². The van der Waals surface area contributed by atoms with Crippen molar-refractivity contribution in [1.82, 2.24) is 9.80 Å². The molecule has 2 heterocycles. The monoisotopic (exact) mass is 398 g/mol. The summed E-state index contributed by atoms with van der Waals surface area (Å²) >= 11 is 0. The van der Waals surface area contributed by atoms with Gasteiger partial charge in [0.1, 0.15) is 12.0 Å². The van der Waals surface area contributed by atoms with E-state index >= 15 is 0 Å². The van der Waals surface area contributed by atoms with Crippen LogP contribution in [0.25, 0.3) is 0 Å².